The fourth-order valence-corrected chi connectivity index (χ4v) is 3.67. The molecule has 0 radical (unpaired) electrons. The van der Waals surface area contributed by atoms with Crippen LogP contribution >= 0.6 is 11.6 Å². The van der Waals surface area contributed by atoms with E-state index in [1.54, 1.807) is 25.1 Å². The zero-order valence-electron chi connectivity index (χ0n) is 14.3. The molecule has 4 nitrogen and oxygen atoms in total. The minimum atomic E-state index is -0.486. The van der Waals surface area contributed by atoms with Crippen LogP contribution in [0.15, 0.2) is 40.8 Å². The molecule has 1 aliphatic rings. The summed E-state index contributed by atoms with van der Waals surface area (Å²) in [6.45, 7) is 3.50. The van der Waals surface area contributed by atoms with Gasteiger partial charge in [-0.1, -0.05) is 29.8 Å². The van der Waals surface area contributed by atoms with Crippen molar-refractivity contribution in [1.29, 1.82) is 0 Å². The third kappa shape index (κ3) is 2.82. The van der Waals surface area contributed by atoms with Crippen molar-refractivity contribution in [2.24, 2.45) is 0 Å². The maximum absolute atomic E-state index is 14.5. The number of hydrogen-bond acceptors (Lipinski definition) is 3. The Kier molecular flexibility index (Phi) is 4.32. The second-order valence-corrected chi connectivity index (χ2v) is 6.86. The van der Waals surface area contributed by atoms with Crippen LogP contribution in [0.25, 0.3) is 11.0 Å². The molecule has 2 aromatic carbocycles. The molecule has 1 fully saturated rings. The van der Waals surface area contributed by atoms with Gasteiger partial charge in [-0.15, -0.1) is 0 Å². The Bertz CT molecular complexity index is 993. The number of rotatable bonds is 3. The summed E-state index contributed by atoms with van der Waals surface area (Å²) >= 11 is 6.15. The lowest BCUT2D eigenvalue weighted by Gasteiger charge is -2.21. The van der Waals surface area contributed by atoms with E-state index in [1.807, 2.05) is 12.1 Å². The summed E-state index contributed by atoms with van der Waals surface area (Å²) in [6.07, 6.45) is 2.12. The fourth-order valence-electron chi connectivity index (χ4n) is 3.45. The smallest absolute Gasteiger partial charge is 0.291 e. The molecule has 0 saturated carbocycles. The van der Waals surface area contributed by atoms with Gasteiger partial charge >= 0.3 is 0 Å². The Hall–Kier alpha value is -2.53. The lowest BCUT2D eigenvalue weighted by Crippen LogP contribution is -2.22. The predicted octanol–water partition coefficient (Wildman–Crippen LogP) is 5.39. The van der Waals surface area contributed by atoms with E-state index in [9.17, 15) is 9.18 Å². The van der Waals surface area contributed by atoms with Gasteiger partial charge in [0.15, 0.2) is 11.3 Å². The van der Waals surface area contributed by atoms with Gasteiger partial charge in [0.2, 0.25) is 0 Å². The van der Waals surface area contributed by atoms with Crippen molar-refractivity contribution in [2.75, 3.05) is 23.3 Å². The van der Waals surface area contributed by atoms with Crippen LogP contribution in [-0.4, -0.2) is 19.0 Å². The number of halogens is 2. The molecule has 26 heavy (non-hydrogen) atoms. The topological polar surface area (TPSA) is 45.5 Å². The molecule has 1 aliphatic heterocycles. The number of aryl methyl sites for hydroxylation is 1. The molecular weight excluding hydrogens is 355 g/mol. The van der Waals surface area contributed by atoms with Crippen molar-refractivity contribution in [3.63, 3.8) is 0 Å². The summed E-state index contributed by atoms with van der Waals surface area (Å²) in [7, 11) is 0. The van der Waals surface area contributed by atoms with Gasteiger partial charge in [0.25, 0.3) is 5.91 Å². The summed E-state index contributed by atoms with van der Waals surface area (Å²) < 4.78 is 20.1. The van der Waals surface area contributed by atoms with E-state index < -0.39 is 11.7 Å². The molecule has 1 N–H and O–H groups in total. The maximum atomic E-state index is 14.5. The molecule has 1 aromatic heterocycles. The third-order valence-corrected chi connectivity index (χ3v) is 5.10. The van der Waals surface area contributed by atoms with E-state index in [-0.39, 0.29) is 11.4 Å². The molecule has 0 unspecified atom stereocenters. The van der Waals surface area contributed by atoms with Crippen molar-refractivity contribution >= 4 is 39.9 Å². The highest BCUT2D eigenvalue weighted by Gasteiger charge is 2.23. The molecule has 2 heterocycles. The highest BCUT2D eigenvalue weighted by molar-refractivity contribution is 6.35. The van der Waals surface area contributed by atoms with Gasteiger partial charge in [-0.2, -0.15) is 0 Å². The first-order chi connectivity index (χ1) is 12.6. The maximum Gasteiger partial charge on any atom is 0.291 e. The molecule has 1 saturated heterocycles. The van der Waals surface area contributed by atoms with E-state index in [0.717, 1.165) is 31.3 Å². The normalized spacial score (nSPS) is 14.2. The number of furan rings is 1. The number of hydrogen-bond donors (Lipinski definition) is 1. The lowest BCUT2D eigenvalue weighted by atomic mass is 10.1. The van der Waals surface area contributed by atoms with Crippen molar-refractivity contribution < 1.29 is 13.6 Å². The number of benzene rings is 2. The van der Waals surface area contributed by atoms with Crippen molar-refractivity contribution in [3.05, 3.63) is 58.6 Å². The second-order valence-electron chi connectivity index (χ2n) is 6.45. The summed E-state index contributed by atoms with van der Waals surface area (Å²) in [4.78, 5) is 14.9. The highest BCUT2D eigenvalue weighted by atomic mass is 35.5. The predicted molar refractivity (Wildman–Crippen MR) is 102 cm³/mol. The average molecular weight is 373 g/mol. The molecule has 4 rings (SSSR count). The van der Waals surface area contributed by atoms with Crippen LogP contribution in [-0.2, 0) is 0 Å². The molecule has 0 atom stereocenters. The first-order valence-corrected chi connectivity index (χ1v) is 8.96. The van der Waals surface area contributed by atoms with Crippen LogP contribution in [0.3, 0.4) is 0 Å². The fraction of sp³-hybridized carbons (Fsp3) is 0.250. The number of carbonyl (C=O) groups is 1. The van der Waals surface area contributed by atoms with Crippen LogP contribution in [0.2, 0.25) is 5.02 Å². The van der Waals surface area contributed by atoms with Crippen molar-refractivity contribution in [3.8, 4) is 0 Å². The highest BCUT2D eigenvalue weighted by Crippen LogP contribution is 2.34. The van der Waals surface area contributed by atoms with Gasteiger partial charge in [-0.3, -0.25) is 4.79 Å². The van der Waals surface area contributed by atoms with E-state index in [0.29, 0.717) is 21.9 Å². The Morgan fingerprint density at radius 1 is 1.19 bits per heavy atom. The Labute approximate surface area is 155 Å². The molecule has 134 valence electrons. The van der Waals surface area contributed by atoms with Gasteiger partial charge in [0.1, 0.15) is 11.5 Å². The molecule has 1 amide bonds. The minimum absolute atomic E-state index is 0.142. The van der Waals surface area contributed by atoms with E-state index in [1.165, 1.54) is 6.07 Å². The molecule has 0 aliphatic carbocycles. The SMILES string of the molecule is Cc1c(C(=O)Nc2c(F)cccc2N2CCCC2)oc2c(Cl)cccc12. The number of nitrogens with one attached hydrogen (secondary N) is 1. The molecular formula is C20H18ClFN2O2. The van der Waals surface area contributed by atoms with Gasteiger partial charge in [0, 0.05) is 24.0 Å². The Morgan fingerprint density at radius 2 is 1.92 bits per heavy atom. The minimum Gasteiger partial charge on any atom is -0.449 e. The third-order valence-electron chi connectivity index (χ3n) is 4.80. The summed E-state index contributed by atoms with van der Waals surface area (Å²) in [6, 6.07) is 10.2. The second kappa shape index (κ2) is 6.65. The number of fused-ring (bicyclic) bond motifs is 1. The number of nitrogens with zero attached hydrogens (tertiary/aromatic N) is 1. The van der Waals surface area contributed by atoms with E-state index >= 15 is 0 Å². The standard InChI is InChI=1S/C20H18ClFN2O2/c1-12-13-6-4-7-14(21)19(13)26-18(12)20(25)23-17-15(22)8-5-9-16(17)24-10-2-3-11-24/h4-9H,2-3,10-11H2,1H3,(H,23,25). The van der Waals surface area contributed by atoms with Gasteiger partial charge in [-0.05, 0) is 38.0 Å². The first kappa shape index (κ1) is 16.9. The Morgan fingerprint density at radius 3 is 2.65 bits per heavy atom. The molecule has 0 spiro atoms. The average Bonchev–Trinajstić information content (AvgIpc) is 3.26. The van der Waals surface area contributed by atoms with Gasteiger partial charge in [-0.25, -0.2) is 4.39 Å². The van der Waals surface area contributed by atoms with E-state index in [2.05, 4.69) is 10.2 Å². The van der Waals surface area contributed by atoms with Gasteiger partial charge in [0.05, 0.1) is 10.7 Å². The quantitative estimate of drug-likeness (QED) is 0.670. The van der Waals surface area contributed by atoms with Crippen LogP contribution in [0.1, 0.15) is 29.0 Å². The summed E-state index contributed by atoms with van der Waals surface area (Å²) in [5, 5.41) is 3.91. The molecule has 0 bridgehead atoms. The Balaban J connectivity index is 1.71. The number of anilines is 2. The molecule has 6 heteroatoms. The summed E-state index contributed by atoms with van der Waals surface area (Å²) in [5.41, 5.74) is 2.03. The monoisotopic (exact) mass is 372 g/mol. The lowest BCUT2D eigenvalue weighted by molar-refractivity contribution is 0.0997. The van der Waals surface area contributed by atoms with Crippen LogP contribution < -0.4 is 10.2 Å². The van der Waals surface area contributed by atoms with Crippen LogP contribution in [0.4, 0.5) is 15.8 Å². The van der Waals surface area contributed by atoms with Crippen molar-refractivity contribution in [1.82, 2.24) is 0 Å². The number of carbonyl (C=O) groups excluding carboxylic acids is 1. The molecule has 3 aromatic rings. The van der Waals surface area contributed by atoms with Crippen LogP contribution in [0.5, 0.6) is 0 Å². The summed E-state index contributed by atoms with van der Waals surface area (Å²) in [5.74, 6) is -0.807. The van der Waals surface area contributed by atoms with Crippen LogP contribution in [0, 0.1) is 12.7 Å². The zero-order chi connectivity index (χ0) is 18.3. The van der Waals surface area contributed by atoms with E-state index in [4.69, 9.17) is 16.0 Å². The number of amides is 1. The zero-order valence-corrected chi connectivity index (χ0v) is 15.1. The first-order valence-electron chi connectivity index (χ1n) is 8.58. The number of para-hydroxylation sites is 2. The van der Waals surface area contributed by atoms with Gasteiger partial charge < -0.3 is 14.6 Å². The largest absolute Gasteiger partial charge is 0.449 e. The van der Waals surface area contributed by atoms with Crippen molar-refractivity contribution in [2.45, 2.75) is 19.8 Å².